The summed E-state index contributed by atoms with van der Waals surface area (Å²) >= 11 is 1.88. The average molecular weight is 235 g/mol. The molecule has 84 valence electrons. The highest BCUT2D eigenvalue weighted by Gasteiger charge is 2.21. The summed E-state index contributed by atoms with van der Waals surface area (Å²) in [4.78, 5) is 0. The van der Waals surface area contributed by atoms with Crippen LogP contribution in [0, 0.1) is 11.3 Å². The van der Waals surface area contributed by atoms with Gasteiger partial charge in [0, 0.05) is 11.5 Å². The van der Waals surface area contributed by atoms with Crippen molar-refractivity contribution in [3.63, 3.8) is 0 Å². The topological polar surface area (TPSA) is 42.2 Å². The monoisotopic (exact) mass is 235 g/mol. The Kier molecular flexibility index (Phi) is 3.58. The molecule has 0 aromatic heterocycles. The summed E-state index contributed by atoms with van der Waals surface area (Å²) in [6, 6.07) is 7.78. The van der Waals surface area contributed by atoms with E-state index in [1.54, 1.807) is 7.11 Å². The minimum absolute atomic E-state index is 0.306. The van der Waals surface area contributed by atoms with Crippen molar-refractivity contribution in [1.82, 2.24) is 0 Å². The van der Waals surface area contributed by atoms with Gasteiger partial charge in [0.05, 0.1) is 19.6 Å². The van der Waals surface area contributed by atoms with Crippen molar-refractivity contribution in [3.05, 3.63) is 23.8 Å². The summed E-state index contributed by atoms with van der Waals surface area (Å²) in [5, 5.41) is 8.62. The molecule has 16 heavy (non-hydrogen) atoms. The molecule has 1 aliphatic heterocycles. The lowest BCUT2D eigenvalue weighted by Gasteiger charge is -2.26. The molecule has 3 nitrogen and oxygen atoms in total. The van der Waals surface area contributed by atoms with Crippen LogP contribution in [0.25, 0.3) is 0 Å². The van der Waals surface area contributed by atoms with Gasteiger partial charge in [-0.15, -0.1) is 0 Å². The fraction of sp³-hybridized carbons (Fsp3) is 0.417. The van der Waals surface area contributed by atoms with Crippen LogP contribution in [0.15, 0.2) is 18.2 Å². The molecule has 2 rings (SSSR count). The molecule has 0 spiro atoms. The first kappa shape index (κ1) is 11.2. The highest BCUT2D eigenvalue weighted by atomic mass is 32.2. The van der Waals surface area contributed by atoms with E-state index < -0.39 is 0 Å². The smallest absolute Gasteiger partial charge is 0.161 e. The van der Waals surface area contributed by atoms with Gasteiger partial charge >= 0.3 is 0 Å². The van der Waals surface area contributed by atoms with E-state index in [0.29, 0.717) is 18.3 Å². The largest absolute Gasteiger partial charge is 0.493 e. The number of hydrogen-bond acceptors (Lipinski definition) is 4. The van der Waals surface area contributed by atoms with Crippen LogP contribution in [0.2, 0.25) is 0 Å². The summed E-state index contributed by atoms with van der Waals surface area (Å²) in [6.45, 7) is 0. The first-order chi connectivity index (χ1) is 7.83. The number of ether oxygens (including phenoxy) is 2. The van der Waals surface area contributed by atoms with E-state index in [2.05, 4.69) is 6.07 Å². The molecule has 1 aromatic carbocycles. The predicted molar refractivity (Wildman–Crippen MR) is 64.1 cm³/mol. The predicted octanol–water partition coefficient (Wildman–Crippen LogP) is 2.26. The molecule has 0 aliphatic carbocycles. The minimum atomic E-state index is 0.306. The zero-order valence-corrected chi connectivity index (χ0v) is 9.92. The molecule has 1 fully saturated rings. The first-order valence-electron chi connectivity index (χ1n) is 5.11. The van der Waals surface area contributed by atoms with Gasteiger partial charge in [-0.25, -0.2) is 0 Å². The lowest BCUT2D eigenvalue weighted by Crippen LogP contribution is -2.31. The molecule has 4 heteroatoms. The molecule has 0 radical (unpaired) electrons. The van der Waals surface area contributed by atoms with Crippen molar-refractivity contribution in [1.29, 1.82) is 5.26 Å². The van der Waals surface area contributed by atoms with Crippen LogP contribution in [-0.4, -0.2) is 24.7 Å². The maximum atomic E-state index is 8.62. The van der Waals surface area contributed by atoms with Gasteiger partial charge in [-0.3, -0.25) is 0 Å². The van der Waals surface area contributed by atoms with Gasteiger partial charge in [-0.1, -0.05) is 6.07 Å². The van der Waals surface area contributed by atoms with E-state index >= 15 is 0 Å². The highest BCUT2D eigenvalue weighted by molar-refractivity contribution is 8.00. The minimum Gasteiger partial charge on any atom is -0.493 e. The Morgan fingerprint density at radius 3 is 2.81 bits per heavy atom. The summed E-state index contributed by atoms with van der Waals surface area (Å²) in [5.74, 6) is 3.57. The molecule has 1 saturated heterocycles. The van der Waals surface area contributed by atoms with Crippen LogP contribution in [0.5, 0.6) is 11.5 Å². The highest BCUT2D eigenvalue weighted by Crippen LogP contribution is 2.32. The molecule has 0 N–H and O–H groups in total. The maximum absolute atomic E-state index is 8.62. The average Bonchev–Trinajstić information content (AvgIpc) is 2.25. The second kappa shape index (κ2) is 5.13. The number of hydrogen-bond donors (Lipinski definition) is 0. The second-order valence-corrected chi connectivity index (χ2v) is 4.67. The number of rotatable bonds is 4. The van der Waals surface area contributed by atoms with Crippen LogP contribution in [-0.2, 0) is 6.42 Å². The fourth-order valence-corrected chi connectivity index (χ4v) is 2.04. The van der Waals surface area contributed by atoms with E-state index in [1.807, 2.05) is 30.0 Å². The molecule has 1 aromatic rings. The summed E-state index contributed by atoms with van der Waals surface area (Å²) in [6.07, 6.45) is 0.705. The molecule has 0 saturated carbocycles. The Morgan fingerprint density at radius 1 is 1.44 bits per heavy atom. The quantitative estimate of drug-likeness (QED) is 0.802. The normalized spacial score (nSPS) is 15.0. The van der Waals surface area contributed by atoms with Gasteiger partial charge in [-0.2, -0.15) is 17.0 Å². The van der Waals surface area contributed by atoms with Crippen LogP contribution in [0.3, 0.4) is 0 Å². The Morgan fingerprint density at radius 2 is 2.25 bits per heavy atom. The van der Waals surface area contributed by atoms with E-state index in [0.717, 1.165) is 22.8 Å². The van der Waals surface area contributed by atoms with Gasteiger partial charge in [0.25, 0.3) is 0 Å². The third-order valence-electron chi connectivity index (χ3n) is 2.41. The lowest BCUT2D eigenvalue weighted by atomic mass is 10.1. The third kappa shape index (κ3) is 2.42. The molecule has 0 amide bonds. The number of nitriles is 1. The molecule has 0 unspecified atom stereocenters. The van der Waals surface area contributed by atoms with Gasteiger partial charge in [0.1, 0.15) is 6.10 Å². The molecule has 0 atom stereocenters. The number of thioether (sulfide) groups is 1. The lowest BCUT2D eigenvalue weighted by molar-refractivity contribution is 0.228. The molecule has 0 bridgehead atoms. The number of benzene rings is 1. The Balaban J connectivity index is 2.14. The fourth-order valence-electron chi connectivity index (χ4n) is 1.47. The van der Waals surface area contributed by atoms with Crippen molar-refractivity contribution < 1.29 is 9.47 Å². The van der Waals surface area contributed by atoms with Gasteiger partial charge in [-0.05, 0) is 17.7 Å². The van der Waals surface area contributed by atoms with E-state index in [-0.39, 0.29) is 0 Å². The Hall–Kier alpha value is -1.34. The zero-order chi connectivity index (χ0) is 11.4. The number of methoxy groups -OCH3 is 1. The van der Waals surface area contributed by atoms with Crippen LogP contribution in [0.4, 0.5) is 0 Å². The van der Waals surface area contributed by atoms with Crippen molar-refractivity contribution in [2.24, 2.45) is 0 Å². The zero-order valence-electron chi connectivity index (χ0n) is 9.10. The SMILES string of the molecule is COc1cc(CC#N)ccc1OC1CSC1. The Labute approximate surface area is 99.4 Å². The van der Waals surface area contributed by atoms with Crippen LogP contribution < -0.4 is 9.47 Å². The Bertz CT molecular complexity index is 410. The number of nitrogens with zero attached hydrogens (tertiary/aromatic N) is 1. The van der Waals surface area contributed by atoms with Crippen molar-refractivity contribution in [2.75, 3.05) is 18.6 Å². The van der Waals surface area contributed by atoms with Crippen molar-refractivity contribution in [3.8, 4) is 17.6 Å². The molecule has 1 heterocycles. The van der Waals surface area contributed by atoms with Crippen molar-refractivity contribution >= 4 is 11.8 Å². The van der Waals surface area contributed by atoms with E-state index in [1.165, 1.54) is 0 Å². The summed E-state index contributed by atoms with van der Waals surface area (Å²) < 4.78 is 11.0. The maximum Gasteiger partial charge on any atom is 0.161 e. The summed E-state index contributed by atoms with van der Waals surface area (Å²) in [7, 11) is 1.62. The molecule has 1 aliphatic rings. The second-order valence-electron chi connectivity index (χ2n) is 3.60. The van der Waals surface area contributed by atoms with E-state index in [4.69, 9.17) is 14.7 Å². The summed E-state index contributed by atoms with van der Waals surface area (Å²) in [5.41, 5.74) is 0.953. The van der Waals surface area contributed by atoms with Gasteiger partial charge in [0.2, 0.25) is 0 Å². The van der Waals surface area contributed by atoms with Gasteiger partial charge < -0.3 is 9.47 Å². The van der Waals surface area contributed by atoms with Gasteiger partial charge in [0.15, 0.2) is 11.5 Å². The molecular formula is C12H13NO2S. The standard InChI is InChI=1S/C12H13NO2S/c1-14-12-6-9(4-5-13)2-3-11(12)15-10-7-16-8-10/h2-3,6,10H,4,7-8H2,1H3. The van der Waals surface area contributed by atoms with Crippen LogP contribution >= 0.6 is 11.8 Å². The first-order valence-corrected chi connectivity index (χ1v) is 6.27. The van der Waals surface area contributed by atoms with E-state index in [9.17, 15) is 0 Å². The molecular weight excluding hydrogens is 222 g/mol. The van der Waals surface area contributed by atoms with Crippen molar-refractivity contribution in [2.45, 2.75) is 12.5 Å². The third-order valence-corrected chi connectivity index (χ3v) is 3.63. The van der Waals surface area contributed by atoms with Crippen LogP contribution in [0.1, 0.15) is 5.56 Å².